The Morgan fingerprint density at radius 2 is 1.08 bits per heavy atom. The van der Waals surface area contributed by atoms with Crippen molar-refractivity contribution < 1.29 is 33.8 Å². The van der Waals surface area contributed by atoms with Gasteiger partial charge >= 0.3 is 12.1 Å². The molecule has 2 saturated heterocycles. The lowest BCUT2D eigenvalue weighted by Gasteiger charge is -2.34. The zero-order chi connectivity index (χ0) is 46.7. The predicted octanol–water partition coefficient (Wildman–Crippen LogP) is 3.27. The molecule has 16 heteroatoms. The van der Waals surface area contributed by atoms with Gasteiger partial charge in [0.25, 0.3) is 5.91 Å². The number of nitrogens with one attached hydrogen (secondary N) is 4. The molecular formula is C49H73N9O7. The molecule has 4 atom stereocenters. The number of amides is 6. The summed E-state index contributed by atoms with van der Waals surface area (Å²) in [4.78, 5) is 63.0. The van der Waals surface area contributed by atoms with Crippen molar-refractivity contribution in [3.8, 4) is 11.1 Å². The van der Waals surface area contributed by atoms with Gasteiger partial charge in [0.2, 0.25) is 5.91 Å². The lowest BCUT2D eigenvalue weighted by Crippen LogP contribution is -2.60. The molecule has 2 fully saturated rings. The van der Waals surface area contributed by atoms with Crippen LogP contribution >= 0.6 is 0 Å². The molecular weight excluding hydrogens is 827 g/mol. The van der Waals surface area contributed by atoms with Crippen molar-refractivity contribution in [2.24, 2.45) is 11.8 Å². The Bertz CT molecular complexity index is 1890. The summed E-state index contributed by atoms with van der Waals surface area (Å²) in [7, 11) is 3.43. The van der Waals surface area contributed by atoms with Crippen LogP contribution in [0.15, 0.2) is 84.9 Å². The number of hydrogen-bond acceptors (Lipinski definition) is 10. The van der Waals surface area contributed by atoms with Gasteiger partial charge in [-0.15, -0.1) is 0 Å². The van der Waals surface area contributed by atoms with E-state index in [1.165, 1.54) is 0 Å². The van der Waals surface area contributed by atoms with E-state index in [-0.39, 0.29) is 43.4 Å². The number of aliphatic hydroxyl groups excluding tert-OH is 1. The van der Waals surface area contributed by atoms with Crippen molar-refractivity contribution in [1.82, 2.24) is 46.0 Å². The SMILES string of the molecule is CC(C)[C@H](NC(=O)N(C)CCN1CCOCC1)C(=O)NC(Cc1ccccc1)C(O)CN(Cc1ccc(-c2ccccc2)cc1)NC(=O)[C@@H](NC(=O)N(C)CCN1CCOCC1)C(C)C. The Balaban J connectivity index is 1.32. The highest BCUT2D eigenvalue weighted by Crippen LogP contribution is 2.20. The predicted molar refractivity (Wildman–Crippen MR) is 253 cm³/mol. The van der Waals surface area contributed by atoms with Gasteiger partial charge in [0.1, 0.15) is 12.1 Å². The van der Waals surface area contributed by atoms with Crippen LogP contribution in [0.2, 0.25) is 0 Å². The van der Waals surface area contributed by atoms with Gasteiger partial charge in [-0.1, -0.05) is 113 Å². The number of likely N-dealkylation sites (N-methyl/N-ethyl adjacent to an activating group) is 2. The van der Waals surface area contributed by atoms with E-state index in [2.05, 4.69) is 31.2 Å². The van der Waals surface area contributed by atoms with Crippen LogP contribution in [-0.4, -0.2) is 177 Å². The number of benzene rings is 3. The molecule has 16 nitrogen and oxygen atoms in total. The summed E-state index contributed by atoms with van der Waals surface area (Å²) in [6.07, 6.45) is -0.915. The Labute approximate surface area is 385 Å². The Kier molecular flexibility index (Phi) is 20.5. The van der Waals surface area contributed by atoms with Gasteiger partial charge in [0.15, 0.2) is 0 Å². The third-order valence-electron chi connectivity index (χ3n) is 12.1. The maximum atomic E-state index is 14.3. The summed E-state index contributed by atoms with van der Waals surface area (Å²) in [5, 5.41) is 22.8. The van der Waals surface area contributed by atoms with Gasteiger partial charge in [-0.05, 0) is 40.5 Å². The molecule has 2 aliphatic rings. The Hall–Kier alpha value is -5.10. The molecule has 356 valence electrons. The van der Waals surface area contributed by atoms with Crippen LogP contribution in [0.4, 0.5) is 9.59 Å². The summed E-state index contributed by atoms with van der Waals surface area (Å²) in [5.41, 5.74) is 6.89. The molecule has 65 heavy (non-hydrogen) atoms. The molecule has 0 aromatic heterocycles. The van der Waals surface area contributed by atoms with E-state index in [0.29, 0.717) is 52.6 Å². The lowest BCUT2D eigenvalue weighted by molar-refractivity contribution is -0.131. The molecule has 2 aliphatic heterocycles. The molecule has 2 unspecified atom stereocenters. The summed E-state index contributed by atoms with van der Waals surface area (Å²) in [5.74, 6) is -1.40. The number of carbonyl (C=O) groups excluding carboxylic acids is 4. The highest BCUT2D eigenvalue weighted by atomic mass is 16.5. The van der Waals surface area contributed by atoms with Crippen LogP contribution in [-0.2, 0) is 32.0 Å². The minimum absolute atomic E-state index is 0.0782. The fourth-order valence-electron chi connectivity index (χ4n) is 7.80. The van der Waals surface area contributed by atoms with Gasteiger partial charge < -0.3 is 40.3 Å². The highest BCUT2D eigenvalue weighted by molar-refractivity contribution is 5.88. The topological polar surface area (TPSA) is 171 Å². The summed E-state index contributed by atoms with van der Waals surface area (Å²) >= 11 is 0. The molecule has 6 amide bonds. The molecule has 0 spiro atoms. The van der Waals surface area contributed by atoms with Gasteiger partial charge in [-0.2, -0.15) is 0 Å². The minimum atomic E-state index is -1.19. The zero-order valence-corrected chi connectivity index (χ0v) is 39.3. The van der Waals surface area contributed by atoms with Gasteiger partial charge in [0.05, 0.1) is 38.6 Å². The first kappa shape index (κ1) is 50.9. The monoisotopic (exact) mass is 900 g/mol. The van der Waals surface area contributed by atoms with Crippen LogP contribution < -0.4 is 21.4 Å². The molecule has 3 aromatic rings. The van der Waals surface area contributed by atoms with Crippen molar-refractivity contribution in [3.63, 3.8) is 0 Å². The number of aliphatic hydroxyl groups is 1. The largest absolute Gasteiger partial charge is 0.390 e. The van der Waals surface area contributed by atoms with Crippen LogP contribution in [0.1, 0.15) is 38.8 Å². The molecule has 5 rings (SSSR count). The van der Waals surface area contributed by atoms with Gasteiger partial charge in [0, 0.05) is 79.5 Å². The Morgan fingerprint density at radius 3 is 1.57 bits per heavy atom. The van der Waals surface area contributed by atoms with E-state index in [9.17, 15) is 24.3 Å². The number of hydrazine groups is 1. The zero-order valence-electron chi connectivity index (χ0n) is 39.3. The summed E-state index contributed by atoms with van der Waals surface area (Å²) < 4.78 is 10.9. The third-order valence-corrected chi connectivity index (χ3v) is 12.1. The normalized spacial score (nSPS) is 16.6. The smallest absolute Gasteiger partial charge is 0.317 e. The standard InChI is InChI=1S/C49H73N9O7/c1-36(2)44(51-48(62)54(5)21-23-56-25-29-64-30-26-56)46(60)50-42(33-38-13-9-7-10-14-38)43(59)35-58(34-39-17-19-41(20-18-39)40-15-11-8-12-16-40)53-47(61)45(37(3)4)52-49(63)55(6)22-24-57-27-31-65-32-28-57/h7-20,36-37,42-45,59H,21-35H2,1-6H3,(H,50,60)(H,51,62)(H,52,63)(H,53,61)/t42?,43?,44-,45-/m0/s1. The van der Waals surface area contributed by atoms with E-state index in [0.717, 1.165) is 48.4 Å². The van der Waals surface area contributed by atoms with Crippen molar-refractivity contribution in [2.75, 3.05) is 99.4 Å². The molecule has 2 heterocycles. The fraction of sp³-hybridized carbons (Fsp3) is 0.551. The average Bonchev–Trinajstić information content (AvgIpc) is 3.31. The second kappa shape index (κ2) is 26.1. The van der Waals surface area contributed by atoms with Crippen molar-refractivity contribution in [3.05, 3.63) is 96.1 Å². The number of urea groups is 2. The molecule has 5 N–H and O–H groups in total. The molecule has 0 aliphatic carbocycles. The van der Waals surface area contributed by atoms with E-state index < -0.39 is 36.0 Å². The van der Waals surface area contributed by atoms with E-state index in [1.54, 1.807) is 28.9 Å². The van der Waals surface area contributed by atoms with Gasteiger partial charge in [-0.25, -0.2) is 14.6 Å². The minimum Gasteiger partial charge on any atom is -0.390 e. The first-order chi connectivity index (χ1) is 31.3. The fourth-order valence-corrected chi connectivity index (χ4v) is 7.80. The van der Waals surface area contributed by atoms with Crippen molar-refractivity contribution >= 4 is 23.9 Å². The molecule has 3 aromatic carbocycles. The molecule has 0 radical (unpaired) electrons. The Morgan fingerprint density at radius 1 is 0.615 bits per heavy atom. The highest BCUT2D eigenvalue weighted by Gasteiger charge is 2.33. The number of ether oxygens (including phenoxy) is 2. The van der Waals surface area contributed by atoms with Crippen molar-refractivity contribution in [2.45, 2.75) is 64.9 Å². The lowest BCUT2D eigenvalue weighted by atomic mass is 9.98. The quantitative estimate of drug-likeness (QED) is 0.0944. The number of morpholine rings is 2. The third kappa shape index (κ3) is 16.7. The number of carbonyl (C=O) groups is 4. The van der Waals surface area contributed by atoms with Crippen LogP contribution in [0, 0.1) is 11.8 Å². The number of hydrogen-bond donors (Lipinski definition) is 5. The summed E-state index contributed by atoms with van der Waals surface area (Å²) in [6, 6.07) is 24.3. The number of rotatable bonds is 22. The van der Waals surface area contributed by atoms with Crippen molar-refractivity contribution in [1.29, 1.82) is 0 Å². The molecule has 0 bridgehead atoms. The maximum absolute atomic E-state index is 14.3. The average molecular weight is 900 g/mol. The van der Waals surface area contributed by atoms with E-state index in [1.807, 2.05) is 113 Å². The van der Waals surface area contributed by atoms with Crippen LogP contribution in [0.3, 0.4) is 0 Å². The van der Waals surface area contributed by atoms with E-state index in [4.69, 9.17) is 9.47 Å². The molecule has 0 saturated carbocycles. The first-order valence-electron chi connectivity index (χ1n) is 23.1. The second-order valence-corrected chi connectivity index (χ2v) is 17.9. The first-order valence-corrected chi connectivity index (χ1v) is 23.1. The van der Waals surface area contributed by atoms with E-state index >= 15 is 0 Å². The number of nitrogens with zero attached hydrogens (tertiary/aromatic N) is 5. The van der Waals surface area contributed by atoms with Crippen LogP contribution in [0.5, 0.6) is 0 Å². The van der Waals surface area contributed by atoms with Gasteiger partial charge in [-0.3, -0.25) is 24.8 Å². The maximum Gasteiger partial charge on any atom is 0.317 e. The second-order valence-electron chi connectivity index (χ2n) is 17.9. The summed E-state index contributed by atoms with van der Waals surface area (Å²) in [6.45, 7) is 15.9. The van der Waals surface area contributed by atoms with Crippen LogP contribution in [0.25, 0.3) is 11.1 Å².